The molecule has 0 N–H and O–H groups in total. The summed E-state index contributed by atoms with van der Waals surface area (Å²) in [6.07, 6.45) is 3.85. The van der Waals surface area contributed by atoms with Crippen LogP contribution in [0.5, 0.6) is 23.0 Å². The van der Waals surface area contributed by atoms with Crippen LogP contribution in [0.25, 0.3) is 11.8 Å². The molecule has 0 saturated heterocycles. The van der Waals surface area contributed by atoms with E-state index in [2.05, 4.69) is 0 Å². The zero-order valence-electron chi connectivity index (χ0n) is 20.8. The van der Waals surface area contributed by atoms with Gasteiger partial charge in [-0.05, 0) is 90.9 Å². The first-order valence-corrected chi connectivity index (χ1v) is 12.1. The highest BCUT2D eigenvalue weighted by molar-refractivity contribution is 6.23. The van der Waals surface area contributed by atoms with Crippen LogP contribution in [-0.2, 0) is 4.79 Å². The molecule has 0 unspecified atom stereocenters. The molecular formula is C32H27NO4. The molecule has 1 amide bonds. The van der Waals surface area contributed by atoms with Gasteiger partial charge in [0.1, 0.15) is 23.0 Å². The van der Waals surface area contributed by atoms with E-state index in [9.17, 15) is 4.79 Å². The van der Waals surface area contributed by atoms with Crippen molar-refractivity contribution in [2.24, 2.45) is 0 Å². The Morgan fingerprint density at radius 1 is 0.730 bits per heavy atom. The maximum atomic E-state index is 13.6. The van der Waals surface area contributed by atoms with E-state index in [1.54, 1.807) is 12.0 Å². The molecule has 0 atom stereocenters. The lowest BCUT2D eigenvalue weighted by molar-refractivity contribution is -0.113. The summed E-state index contributed by atoms with van der Waals surface area (Å²) in [5.41, 5.74) is 4.09. The molecule has 0 bridgehead atoms. The molecule has 4 aromatic rings. The lowest BCUT2D eigenvalue weighted by atomic mass is 10.1. The first-order valence-electron chi connectivity index (χ1n) is 12.1. The van der Waals surface area contributed by atoms with Gasteiger partial charge in [-0.15, -0.1) is 0 Å². The van der Waals surface area contributed by atoms with E-state index in [0.717, 1.165) is 34.0 Å². The molecule has 0 aliphatic carbocycles. The molecule has 0 fully saturated rings. The van der Waals surface area contributed by atoms with E-state index in [-0.39, 0.29) is 5.91 Å². The summed E-state index contributed by atoms with van der Waals surface area (Å²) in [6.45, 7) is 2.57. The molecule has 0 saturated carbocycles. The summed E-state index contributed by atoms with van der Waals surface area (Å²) in [7, 11) is 1.63. The van der Waals surface area contributed by atoms with Crippen molar-refractivity contribution in [3.05, 3.63) is 126 Å². The second kappa shape index (κ2) is 10.9. The van der Waals surface area contributed by atoms with Crippen LogP contribution in [0.4, 0.5) is 5.69 Å². The number of methoxy groups -OCH3 is 1. The number of carbonyl (C=O) groups is 1. The lowest BCUT2D eigenvalue weighted by Gasteiger charge is -2.21. The van der Waals surface area contributed by atoms with Gasteiger partial charge < -0.3 is 14.2 Å². The fraction of sp³-hybridized carbons (Fsp3) is 0.0938. The minimum atomic E-state index is -0.0865. The highest BCUT2D eigenvalue weighted by Crippen LogP contribution is 2.36. The average molecular weight is 490 g/mol. The molecule has 5 nitrogen and oxygen atoms in total. The molecule has 0 aromatic heterocycles. The van der Waals surface area contributed by atoms with Crippen molar-refractivity contribution in [1.29, 1.82) is 0 Å². The van der Waals surface area contributed by atoms with Gasteiger partial charge in [0.05, 0.1) is 19.4 Å². The molecule has 37 heavy (non-hydrogen) atoms. The summed E-state index contributed by atoms with van der Waals surface area (Å²) in [5.74, 6) is 2.87. The third-order valence-electron chi connectivity index (χ3n) is 5.96. The van der Waals surface area contributed by atoms with Crippen LogP contribution >= 0.6 is 0 Å². The third kappa shape index (κ3) is 5.41. The Kier molecular flexibility index (Phi) is 7.04. The van der Waals surface area contributed by atoms with Gasteiger partial charge >= 0.3 is 0 Å². The normalized spacial score (nSPS) is 14.0. The minimum Gasteiger partial charge on any atom is -0.497 e. The number of anilines is 1. The van der Waals surface area contributed by atoms with Gasteiger partial charge in [-0.3, -0.25) is 9.69 Å². The SMILES string of the molecule is CCOc1ccc(/C=C2\C=C(c3ccccc3)N(c3ccc(Oc4ccc(OC)cc4)cc3)C2=O)cc1. The maximum Gasteiger partial charge on any atom is 0.262 e. The van der Waals surface area contributed by atoms with E-state index in [1.165, 1.54) is 0 Å². The van der Waals surface area contributed by atoms with Gasteiger partial charge in [0.25, 0.3) is 5.91 Å². The van der Waals surface area contributed by atoms with E-state index in [4.69, 9.17) is 14.2 Å². The van der Waals surface area contributed by atoms with Crippen molar-refractivity contribution in [3.63, 3.8) is 0 Å². The van der Waals surface area contributed by atoms with Crippen molar-refractivity contribution in [2.75, 3.05) is 18.6 Å². The molecule has 5 rings (SSSR count). The standard InChI is InChI=1S/C32H27NO4/c1-3-36-28-13-9-23(10-14-28)21-25-22-31(24-7-5-4-6-8-24)33(32(25)34)26-11-15-29(16-12-26)37-30-19-17-27(35-2)18-20-30/h4-22H,3H2,1-2H3/b25-21+. The number of rotatable bonds is 8. The fourth-order valence-electron chi connectivity index (χ4n) is 4.14. The van der Waals surface area contributed by atoms with Crippen molar-refractivity contribution < 1.29 is 19.0 Å². The fourth-order valence-corrected chi connectivity index (χ4v) is 4.14. The Balaban J connectivity index is 1.43. The molecule has 0 spiro atoms. The van der Waals surface area contributed by atoms with Crippen LogP contribution < -0.4 is 19.1 Å². The maximum absolute atomic E-state index is 13.6. The molecule has 184 valence electrons. The number of carbonyl (C=O) groups excluding carboxylic acids is 1. The van der Waals surface area contributed by atoms with Crippen LogP contribution in [0, 0.1) is 0 Å². The Morgan fingerprint density at radius 3 is 1.95 bits per heavy atom. The quantitative estimate of drug-likeness (QED) is 0.243. The first kappa shape index (κ1) is 23.9. The van der Waals surface area contributed by atoms with E-state index in [0.29, 0.717) is 23.7 Å². The summed E-state index contributed by atoms with van der Waals surface area (Å²) in [5, 5.41) is 0. The second-order valence-electron chi connectivity index (χ2n) is 8.41. The number of hydrogen-bond acceptors (Lipinski definition) is 4. The second-order valence-corrected chi connectivity index (χ2v) is 8.41. The molecule has 0 radical (unpaired) electrons. The highest BCUT2D eigenvalue weighted by atomic mass is 16.5. The van der Waals surface area contributed by atoms with Crippen molar-refractivity contribution in [2.45, 2.75) is 6.92 Å². The Hall–Kier alpha value is -4.77. The topological polar surface area (TPSA) is 48.0 Å². The molecule has 1 aliphatic heterocycles. The smallest absolute Gasteiger partial charge is 0.262 e. The van der Waals surface area contributed by atoms with Gasteiger partial charge in [-0.1, -0.05) is 42.5 Å². The first-order chi connectivity index (χ1) is 18.1. The van der Waals surface area contributed by atoms with Crippen molar-refractivity contribution in [3.8, 4) is 23.0 Å². The molecule has 5 heteroatoms. The zero-order chi connectivity index (χ0) is 25.6. The molecule has 1 heterocycles. The number of benzene rings is 4. The Bertz CT molecular complexity index is 1420. The predicted octanol–water partition coefficient (Wildman–Crippen LogP) is 7.36. The van der Waals surface area contributed by atoms with E-state index >= 15 is 0 Å². The van der Waals surface area contributed by atoms with Crippen LogP contribution in [0.2, 0.25) is 0 Å². The van der Waals surface area contributed by atoms with Gasteiger partial charge in [0, 0.05) is 11.3 Å². The summed E-state index contributed by atoms with van der Waals surface area (Å²) in [6, 6.07) is 32.6. The molecular weight excluding hydrogens is 462 g/mol. The number of amides is 1. The highest BCUT2D eigenvalue weighted by Gasteiger charge is 2.30. The van der Waals surface area contributed by atoms with Gasteiger partial charge in [0.2, 0.25) is 0 Å². The number of hydrogen-bond donors (Lipinski definition) is 0. The Morgan fingerprint density at radius 2 is 1.32 bits per heavy atom. The molecule has 4 aromatic carbocycles. The van der Waals surface area contributed by atoms with E-state index < -0.39 is 0 Å². The van der Waals surface area contributed by atoms with Crippen LogP contribution in [0.1, 0.15) is 18.1 Å². The van der Waals surface area contributed by atoms with Crippen molar-refractivity contribution >= 4 is 23.4 Å². The minimum absolute atomic E-state index is 0.0865. The summed E-state index contributed by atoms with van der Waals surface area (Å²) >= 11 is 0. The number of ether oxygens (including phenoxy) is 3. The van der Waals surface area contributed by atoms with Crippen molar-refractivity contribution in [1.82, 2.24) is 0 Å². The average Bonchev–Trinajstić information content (AvgIpc) is 3.27. The Labute approximate surface area is 216 Å². The van der Waals surface area contributed by atoms with Crippen LogP contribution in [0.3, 0.4) is 0 Å². The monoisotopic (exact) mass is 489 g/mol. The summed E-state index contributed by atoms with van der Waals surface area (Å²) in [4.78, 5) is 15.4. The van der Waals surface area contributed by atoms with Crippen LogP contribution in [-0.4, -0.2) is 19.6 Å². The zero-order valence-corrected chi connectivity index (χ0v) is 20.8. The van der Waals surface area contributed by atoms with Crippen LogP contribution in [0.15, 0.2) is 115 Å². The lowest BCUT2D eigenvalue weighted by Crippen LogP contribution is -2.24. The summed E-state index contributed by atoms with van der Waals surface area (Å²) < 4.78 is 16.7. The van der Waals surface area contributed by atoms with Gasteiger partial charge in [0.15, 0.2) is 0 Å². The van der Waals surface area contributed by atoms with Gasteiger partial charge in [-0.25, -0.2) is 0 Å². The molecule has 1 aliphatic rings. The van der Waals surface area contributed by atoms with Gasteiger partial charge in [-0.2, -0.15) is 0 Å². The van der Waals surface area contributed by atoms with E-state index in [1.807, 2.05) is 122 Å². The third-order valence-corrected chi connectivity index (χ3v) is 5.96. The predicted molar refractivity (Wildman–Crippen MR) is 147 cm³/mol. The largest absolute Gasteiger partial charge is 0.497 e. The number of nitrogens with zero attached hydrogens (tertiary/aromatic N) is 1.